The molecule has 1 unspecified atom stereocenters. The Bertz CT molecular complexity index is 1460. The number of aromatic nitrogens is 2. The fraction of sp³-hybridized carbons (Fsp3) is 0.357. The maximum atomic E-state index is 11.5. The van der Waals surface area contributed by atoms with Gasteiger partial charge in [-0.25, -0.2) is 9.97 Å². The van der Waals surface area contributed by atoms with Crippen LogP contribution >= 0.6 is 23.2 Å². The summed E-state index contributed by atoms with van der Waals surface area (Å²) < 4.78 is 6.66. The molecule has 2 heterocycles. The van der Waals surface area contributed by atoms with E-state index in [0.29, 0.717) is 46.1 Å². The summed E-state index contributed by atoms with van der Waals surface area (Å²) in [7, 11) is -0.562. The van der Waals surface area contributed by atoms with Crippen LogP contribution in [0.1, 0.15) is 38.8 Å². The predicted molar refractivity (Wildman–Crippen MR) is 162 cm³/mol. The van der Waals surface area contributed by atoms with Gasteiger partial charge in [0.15, 0.2) is 8.32 Å². The van der Waals surface area contributed by atoms with Crippen LogP contribution in [0.25, 0.3) is 11.3 Å². The van der Waals surface area contributed by atoms with E-state index in [1.165, 1.54) is 7.41 Å². The third-order valence-electron chi connectivity index (χ3n) is 7.61. The van der Waals surface area contributed by atoms with E-state index < -0.39 is 13.7 Å². The molecule has 3 aromatic rings. The monoisotopic (exact) mass is 578 g/mol. The van der Waals surface area contributed by atoms with Crippen LogP contribution in [0.5, 0.6) is 0 Å². The minimum absolute atomic E-state index is 0.0509. The molecule has 0 bridgehead atoms. The topological polar surface area (TPSA) is 91.1 Å². The summed E-state index contributed by atoms with van der Waals surface area (Å²) >= 11 is 12.4. The molecule has 1 aliphatic rings. The standard InChI is InChI=1S/C28H31BCl2N5O2Si/c1-27(2,3)39(5,6)38-16-28(4)15-36(29-17-37)25-19(14-32)11-18(12-21(25)28)23-9-10-33-26(34-23)35-24-13-20(30)7-8-22(24)31/h7-13,17H,15-16H2,1-6H3,(H,33,34,35). The van der Waals surface area contributed by atoms with Crippen molar-refractivity contribution in [2.75, 3.05) is 23.3 Å². The zero-order valence-electron chi connectivity index (χ0n) is 23.0. The molecule has 1 aliphatic heterocycles. The van der Waals surface area contributed by atoms with Gasteiger partial charge in [-0.1, -0.05) is 50.9 Å². The van der Waals surface area contributed by atoms with Crippen molar-refractivity contribution in [2.24, 2.45) is 0 Å². The number of carbonyl (C=O) groups is 1. The molecule has 0 fully saturated rings. The van der Waals surface area contributed by atoms with E-state index in [2.05, 4.69) is 57.2 Å². The molecule has 0 spiro atoms. The largest absolute Gasteiger partial charge is 0.416 e. The molecule has 11 heteroatoms. The molecule has 0 amide bonds. The number of nitriles is 1. The number of rotatable bonds is 8. The summed E-state index contributed by atoms with van der Waals surface area (Å²) in [6, 6.07) is 13.1. The molecular formula is C28H31BCl2N5O2Si. The van der Waals surface area contributed by atoms with Crippen LogP contribution in [-0.4, -0.2) is 45.0 Å². The van der Waals surface area contributed by atoms with Gasteiger partial charge in [0.1, 0.15) is 12.3 Å². The molecule has 4 rings (SSSR count). The van der Waals surface area contributed by atoms with Crippen LogP contribution in [0.15, 0.2) is 42.6 Å². The van der Waals surface area contributed by atoms with Crippen LogP contribution < -0.4 is 10.1 Å². The van der Waals surface area contributed by atoms with Crippen LogP contribution in [-0.2, 0) is 14.6 Å². The van der Waals surface area contributed by atoms with E-state index in [9.17, 15) is 10.1 Å². The van der Waals surface area contributed by atoms with Crippen LogP contribution in [0.3, 0.4) is 0 Å². The Labute approximate surface area is 241 Å². The Morgan fingerprint density at radius 1 is 1.26 bits per heavy atom. The fourth-order valence-electron chi connectivity index (χ4n) is 4.35. The lowest BCUT2D eigenvalue weighted by Gasteiger charge is -2.39. The first-order valence-corrected chi connectivity index (χ1v) is 16.3. The summed E-state index contributed by atoms with van der Waals surface area (Å²) in [6.45, 7) is 14.2. The van der Waals surface area contributed by atoms with Crippen molar-refractivity contribution in [3.8, 4) is 17.3 Å². The summed E-state index contributed by atoms with van der Waals surface area (Å²) in [5.41, 5.74) is 3.67. The van der Waals surface area contributed by atoms with E-state index in [0.717, 1.165) is 23.0 Å². The van der Waals surface area contributed by atoms with Gasteiger partial charge in [-0.3, -0.25) is 0 Å². The summed E-state index contributed by atoms with van der Waals surface area (Å²) in [5, 5.41) is 14.3. The van der Waals surface area contributed by atoms with Crippen molar-refractivity contribution in [1.82, 2.24) is 9.97 Å². The van der Waals surface area contributed by atoms with Crippen molar-refractivity contribution in [1.29, 1.82) is 5.26 Å². The molecule has 1 atom stereocenters. The average Bonchev–Trinajstić information content (AvgIpc) is 3.16. The highest BCUT2D eigenvalue weighted by molar-refractivity contribution is 6.74. The Kier molecular flexibility index (Phi) is 8.16. The molecule has 7 nitrogen and oxygen atoms in total. The van der Waals surface area contributed by atoms with Gasteiger partial charge >= 0.3 is 7.41 Å². The maximum absolute atomic E-state index is 11.5. The number of carbonyl (C=O) groups excluding carboxylic acids is 1. The highest BCUT2D eigenvalue weighted by atomic mass is 35.5. The van der Waals surface area contributed by atoms with Gasteiger partial charge in [-0.15, -0.1) is 0 Å². The third kappa shape index (κ3) is 5.99. The van der Waals surface area contributed by atoms with Crippen molar-refractivity contribution in [3.05, 3.63) is 63.8 Å². The lowest BCUT2D eigenvalue weighted by atomic mass is 9.83. The normalized spacial score (nSPS) is 16.9. The molecule has 39 heavy (non-hydrogen) atoms. The fourth-order valence-corrected chi connectivity index (χ4v) is 5.80. The Morgan fingerprint density at radius 3 is 2.67 bits per heavy atom. The van der Waals surface area contributed by atoms with Gasteiger partial charge in [0.25, 0.3) is 0 Å². The van der Waals surface area contributed by atoms with E-state index in [-0.39, 0.29) is 5.04 Å². The number of anilines is 3. The first-order chi connectivity index (χ1) is 18.3. The minimum Gasteiger partial charge on any atom is -0.416 e. The minimum atomic E-state index is -2.05. The maximum Gasteiger partial charge on any atom is 0.329 e. The van der Waals surface area contributed by atoms with Crippen LogP contribution in [0.4, 0.5) is 17.3 Å². The van der Waals surface area contributed by atoms with Crippen LogP contribution in [0.2, 0.25) is 28.2 Å². The zero-order valence-corrected chi connectivity index (χ0v) is 25.5. The number of halogens is 2. The molecule has 2 aromatic carbocycles. The lowest BCUT2D eigenvalue weighted by molar-refractivity contribution is 0.219. The molecule has 1 aromatic heterocycles. The van der Waals surface area contributed by atoms with Crippen LogP contribution in [0, 0.1) is 11.3 Å². The number of nitrogens with zero attached hydrogens (tertiary/aromatic N) is 4. The highest BCUT2D eigenvalue weighted by Gasteiger charge is 2.44. The molecule has 201 valence electrons. The van der Waals surface area contributed by atoms with E-state index in [4.69, 9.17) is 32.6 Å². The number of hydrogen-bond acceptors (Lipinski definition) is 7. The van der Waals surface area contributed by atoms with Crippen molar-refractivity contribution < 1.29 is 9.22 Å². The predicted octanol–water partition coefficient (Wildman–Crippen LogP) is 6.97. The Morgan fingerprint density at radius 2 is 2.00 bits per heavy atom. The SMILES string of the molecule is CC1(CO[Si](C)(C)C(C)(C)C)CN([B]C=O)c2c(C#N)cc(-c3ccnc(Nc4cc(Cl)ccc4Cl)n3)cc21. The second-order valence-corrected chi connectivity index (χ2v) is 17.2. The van der Waals surface area contributed by atoms with Crippen molar-refractivity contribution in [3.63, 3.8) is 0 Å². The van der Waals surface area contributed by atoms with Gasteiger partial charge in [0, 0.05) is 41.0 Å². The zero-order chi connectivity index (χ0) is 28.6. The summed E-state index contributed by atoms with van der Waals surface area (Å²) in [4.78, 5) is 22.4. The lowest BCUT2D eigenvalue weighted by Crippen LogP contribution is -2.46. The Balaban J connectivity index is 1.76. The van der Waals surface area contributed by atoms with Gasteiger partial charge in [-0.2, -0.15) is 5.26 Å². The first kappa shape index (κ1) is 29.1. The van der Waals surface area contributed by atoms with Gasteiger partial charge in [0.2, 0.25) is 5.95 Å². The second-order valence-electron chi connectivity index (χ2n) is 11.6. The average molecular weight is 579 g/mol. The molecule has 1 radical (unpaired) electrons. The smallest absolute Gasteiger partial charge is 0.329 e. The molecule has 0 saturated carbocycles. The van der Waals surface area contributed by atoms with Crippen molar-refractivity contribution in [2.45, 2.75) is 51.2 Å². The second kappa shape index (κ2) is 10.9. The van der Waals surface area contributed by atoms with E-state index in [1.807, 2.05) is 10.9 Å². The Hall–Kier alpha value is -2.90. The number of fused-ring (bicyclic) bond motifs is 1. The summed E-state index contributed by atoms with van der Waals surface area (Å²) in [6.07, 6.45) is 2.40. The summed E-state index contributed by atoms with van der Waals surface area (Å²) in [5.74, 6) is 0.343. The number of hydrogen-bond donors (Lipinski definition) is 1. The highest BCUT2D eigenvalue weighted by Crippen LogP contribution is 2.46. The van der Waals surface area contributed by atoms with E-state index >= 15 is 0 Å². The van der Waals surface area contributed by atoms with Crippen molar-refractivity contribution >= 4 is 62.4 Å². The number of benzene rings is 2. The number of nitrogens with one attached hydrogen (secondary N) is 1. The molecule has 0 saturated heterocycles. The first-order valence-electron chi connectivity index (χ1n) is 12.6. The molecule has 0 aliphatic carbocycles. The third-order valence-corrected chi connectivity index (χ3v) is 12.7. The molecular weight excluding hydrogens is 548 g/mol. The molecule has 1 N–H and O–H groups in total. The van der Waals surface area contributed by atoms with Gasteiger partial charge in [0.05, 0.1) is 22.0 Å². The van der Waals surface area contributed by atoms with Gasteiger partial charge in [-0.05, 0) is 60.1 Å². The van der Waals surface area contributed by atoms with E-state index in [1.54, 1.807) is 36.5 Å². The van der Waals surface area contributed by atoms with Gasteiger partial charge < -0.3 is 19.3 Å². The quantitative estimate of drug-likeness (QED) is 0.228.